The number of benzene rings is 1. The fourth-order valence-electron chi connectivity index (χ4n) is 2.34. The van der Waals surface area contributed by atoms with E-state index in [2.05, 4.69) is 17.0 Å². The minimum absolute atomic E-state index is 0.329. The average molecular weight is 390 g/mol. The topological polar surface area (TPSA) is 73.2 Å². The van der Waals surface area contributed by atoms with E-state index in [-0.39, 0.29) is 12.5 Å². The van der Waals surface area contributed by atoms with Crippen LogP contribution in [0.1, 0.15) is 15.4 Å². The van der Waals surface area contributed by atoms with Crippen molar-refractivity contribution in [2.75, 3.05) is 13.2 Å². The monoisotopic (exact) mass is 389 g/mol. The van der Waals surface area contributed by atoms with E-state index < -0.39 is 5.97 Å². The van der Waals surface area contributed by atoms with E-state index in [4.69, 9.17) is 16.3 Å². The molecule has 1 aromatic carbocycles. The number of thiophene rings is 1. The number of nitrogens with one attached hydrogen (secondary N) is 1. The highest BCUT2D eigenvalue weighted by molar-refractivity contribution is 7.20. The van der Waals surface area contributed by atoms with Gasteiger partial charge in [-0.3, -0.25) is 4.79 Å². The summed E-state index contributed by atoms with van der Waals surface area (Å²) >= 11 is 7.20. The van der Waals surface area contributed by atoms with Crippen molar-refractivity contribution in [1.29, 1.82) is 0 Å². The number of nitrogens with zero attached hydrogens (tertiary/aromatic N) is 2. The van der Waals surface area contributed by atoms with E-state index in [1.165, 1.54) is 11.3 Å². The van der Waals surface area contributed by atoms with E-state index >= 15 is 0 Å². The van der Waals surface area contributed by atoms with Crippen LogP contribution in [0.15, 0.2) is 43.0 Å². The first-order valence-corrected chi connectivity index (χ1v) is 8.99. The maximum atomic E-state index is 12.2. The molecule has 0 spiro atoms. The molecule has 0 bridgehead atoms. The first-order chi connectivity index (χ1) is 12.5. The van der Waals surface area contributed by atoms with Crippen LogP contribution >= 0.6 is 22.9 Å². The number of halogens is 1. The molecule has 0 aliphatic heterocycles. The van der Waals surface area contributed by atoms with Crippen molar-refractivity contribution in [2.45, 2.75) is 6.92 Å². The van der Waals surface area contributed by atoms with Gasteiger partial charge in [-0.15, -0.1) is 17.9 Å². The van der Waals surface area contributed by atoms with Crippen LogP contribution in [-0.4, -0.2) is 34.8 Å². The van der Waals surface area contributed by atoms with Gasteiger partial charge in [0, 0.05) is 17.0 Å². The van der Waals surface area contributed by atoms with Crippen molar-refractivity contribution in [3.63, 3.8) is 0 Å². The van der Waals surface area contributed by atoms with Crippen LogP contribution in [0.5, 0.6) is 0 Å². The molecule has 0 unspecified atom stereocenters. The number of ether oxygens (including phenoxy) is 1. The summed E-state index contributed by atoms with van der Waals surface area (Å²) in [7, 11) is 0. The molecular formula is C18H16ClN3O3S. The highest BCUT2D eigenvalue weighted by Gasteiger charge is 2.18. The van der Waals surface area contributed by atoms with Crippen LogP contribution in [-0.2, 0) is 9.53 Å². The maximum Gasteiger partial charge on any atom is 0.348 e. The second kappa shape index (κ2) is 7.72. The number of carbonyl (C=O) groups is 2. The number of amides is 1. The molecule has 2 heterocycles. The number of fused-ring (bicyclic) bond motifs is 1. The predicted molar refractivity (Wildman–Crippen MR) is 102 cm³/mol. The Bertz CT molecular complexity index is 976. The molecule has 0 saturated carbocycles. The summed E-state index contributed by atoms with van der Waals surface area (Å²) in [5.41, 5.74) is 1.65. The van der Waals surface area contributed by atoms with E-state index in [0.717, 1.165) is 21.6 Å². The van der Waals surface area contributed by atoms with Gasteiger partial charge >= 0.3 is 5.97 Å². The molecule has 0 radical (unpaired) electrons. The van der Waals surface area contributed by atoms with Crippen molar-refractivity contribution in [3.05, 3.63) is 58.6 Å². The van der Waals surface area contributed by atoms with Gasteiger partial charge in [0.15, 0.2) is 6.61 Å². The zero-order valence-corrected chi connectivity index (χ0v) is 15.6. The van der Waals surface area contributed by atoms with Gasteiger partial charge in [0.1, 0.15) is 9.71 Å². The standard InChI is InChI=1S/C18H16ClN3O3S/c1-3-8-20-16(23)10-25-18(24)15-9-14-11(2)21-22(17(14)26-15)13-6-4-12(19)5-7-13/h3-7,9H,1,8,10H2,2H3,(H,20,23). The van der Waals surface area contributed by atoms with Crippen LogP contribution in [0.3, 0.4) is 0 Å². The molecule has 0 atom stereocenters. The Hall–Kier alpha value is -2.64. The molecule has 8 heteroatoms. The quantitative estimate of drug-likeness (QED) is 0.517. The van der Waals surface area contributed by atoms with Gasteiger partial charge < -0.3 is 10.1 Å². The van der Waals surface area contributed by atoms with Gasteiger partial charge in [0.05, 0.1) is 11.4 Å². The highest BCUT2D eigenvalue weighted by atomic mass is 35.5. The van der Waals surface area contributed by atoms with Crippen LogP contribution in [0, 0.1) is 6.92 Å². The molecule has 3 rings (SSSR count). The summed E-state index contributed by atoms with van der Waals surface area (Å²) in [6.45, 7) is 5.38. The lowest BCUT2D eigenvalue weighted by Crippen LogP contribution is -2.28. The molecule has 134 valence electrons. The molecule has 3 aromatic rings. The van der Waals surface area contributed by atoms with Gasteiger partial charge in [-0.05, 0) is 37.3 Å². The third kappa shape index (κ3) is 3.79. The molecule has 1 amide bonds. The average Bonchev–Trinajstić information content (AvgIpc) is 3.19. The lowest BCUT2D eigenvalue weighted by molar-refractivity contribution is -0.124. The van der Waals surface area contributed by atoms with Crippen LogP contribution < -0.4 is 5.32 Å². The number of hydrogen-bond donors (Lipinski definition) is 1. The van der Waals surface area contributed by atoms with Crippen LogP contribution in [0.25, 0.3) is 15.9 Å². The number of rotatable bonds is 6. The first-order valence-electron chi connectivity index (χ1n) is 7.79. The van der Waals surface area contributed by atoms with Gasteiger partial charge in [0.2, 0.25) is 0 Å². The van der Waals surface area contributed by atoms with E-state index in [1.807, 2.05) is 19.1 Å². The van der Waals surface area contributed by atoms with Crippen molar-refractivity contribution < 1.29 is 14.3 Å². The third-order valence-electron chi connectivity index (χ3n) is 3.59. The van der Waals surface area contributed by atoms with E-state index in [1.54, 1.807) is 29.0 Å². The van der Waals surface area contributed by atoms with Gasteiger partial charge in [-0.2, -0.15) is 5.10 Å². The van der Waals surface area contributed by atoms with Crippen LogP contribution in [0.4, 0.5) is 0 Å². The first kappa shape index (κ1) is 18.2. The molecular weight excluding hydrogens is 374 g/mol. The highest BCUT2D eigenvalue weighted by Crippen LogP contribution is 2.31. The molecule has 2 aromatic heterocycles. The minimum Gasteiger partial charge on any atom is -0.451 e. The van der Waals surface area contributed by atoms with Gasteiger partial charge in [-0.25, -0.2) is 9.48 Å². The molecule has 6 nitrogen and oxygen atoms in total. The Balaban J connectivity index is 1.82. The normalized spacial score (nSPS) is 10.7. The summed E-state index contributed by atoms with van der Waals surface area (Å²) in [5.74, 6) is -0.912. The van der Waals surface area contributed by atoms with Crippen molar-refractivity contribution >= 4 is 45.0 Å². The van der Waals surface area contributed by atoms with Crippen molar-refractivity contribution in [2.24, 2.45) is 0 Å². The summed E-state index contributed by atoms with van der Waals surface area (Å²) in [4.78, 5) is 25.0. The molecule has 0 fully saturated rings. The molecule has 26 heavy (non-hydrogen) atoms. The number of hydrogen-bond acceptors (Lipinski definition) is 5. The summed E-state index contributed by atoms with van der Waals surface area (Å²) in [5, 5.41) is 8.57. The van der Waals surface area contributed by atoms with Crippen LogP contribution in [0.2, 0.25) is 5.02 Å². The third-order valence-corrected chi connectivity index (χ3v) is 4.94. The van der Waals surface area contributed by atoms with Crippen molar-refractivity contribution in [1.82, 2.24) is 15.1 Å². The van der Waals surface area contributed by atoms with Crippen molar-refractivity contribution in [3.8, 4) is 5.69 Å². The second-order valence-corrected chi connectivity index (χ2v) is 6.94. The lowest BCUT2D eigenvalue weighted by Gasteiger charge is -2.04. The number of esters is 1. The zero-order valence-electron chi connectivity index (χ0n) is 14.0. The Labute approximate surface area is 159 Å². The zero-order chi connectivity index (χ0) is 18.7. The molecule has 1 N–H and O–H groups in total. The molecule has 0 aliphatic rings. The fourth-order valence-corrected chi connectivity index (χ4v) is 3.55. The Kier molecular flexibility index (Phi) is 5.39. The number of aromatic nitrogens is 2. The number of carbonyl (C=O) groups excluding carboxylic acids is 2. The fraction of sp³-hybridized carbons (Fsp3) is 0.167. The summed E-state index contributed by atoms with van der Waals surface area (Å²) in [6, 6.07) is 9.01. The predicted octanol–water partition coefficient (Wildman–Crippen LogP) is 3.51. The Morgan fingerprint density at radius 1 is 1.38 bits per heavy atom. The molecule has 0 aliphatic carbocycles. The Morgan fingerprint density at radius 2 is 2.12 bits per heavy atom. The van der Waals surface area contributed by atoms with E-state index in [9.17, 15) is 9.59 Å². The van der Waals surface area contributed by atoms with Gasteiger partial charge in [0.25, 0.3) is 5.91 Å². The minimum atomic E-state index is -0.540. The number of aryl methyl sites for hydroxylation is 1. The second-order valence-electron chi connectivity index (χ2n) is 5.47. The summed E-state index contributed by atoms with van der Waals surface area (Å²) < 4.78 is 6.83. The molecule has 0 saturated heterocycles. The Morgan fingerprint density at radius 3 is 2.81 bits per heavy atom. The largest absolute Gasteiger partial charge is 0.451 e. The smallest absolute Gasteiger partial charge is 0.348 e. The SMILES string of the molecule is C=CCNC(=O)COC(=O)c1cc2c(C)nn(-c3ccc(Cl)cc3)c2s1. The van der Waals surface area contributed by atoms with Gasteiger partial charge in [-0.1, -0.05) is 17.7 Å². The lowest BCUT2D eigenvalue weighted by atomic mass is 10.3. The van der Waals surface area contributed by atoms with E-state index in [0.29, 0.717) is 16.4 Å². The maximum absolute atomic E-state index is 12.2. The summed E-state index contributed by atoms with van der Waals surface area (Å²) in [6.07, 6.45) is 1.55.